The number of rotatable bonds is 4. The molecule has 4 aromatic rings. The number of aromatic nitrogens is 1. The van der Waals surface area contributed by atoms with Gasteiger partial charge in [0.15, 0.2) is 5.76 Å². The van der Waals surface area contributed by atoms with Crippen LogP contribution >= 0.6 is 0 Å². The molecule has 2 aromatic carbocycles. The first-order valence-corrected chi connectivity index (χ1v) is 8.16. The maximum Gasteiger partial charge on any atom is 0.153 e. The van der Waals surface area contributed by atoms with Crippen molar-refractivity contribution in [1.82, 2.24) is 4.98 Å². The highest BCUT2D eigenvalue weighted by Crippen LogP contribution is 2.31. The lowest BCUT2D eigenvalue weighted by atomic mass is 10.1. The number of carbonyl (C=O) groups is 2. The van der Waals surface area contributed by atoms with Crippen molar-refractivity contribution in [3.8, 4) is 22.8 Å². The van der Waals surface area contributed by atoms with Crippen molar-refractivity contribution in [1.29, 1.82) is 0 Å². The number of carbonyl (C=O) groups excluding carboxylic acids is 2. The predicted molar refractivity (Wildman–Crippen MR) is 93.5 cm³/mol. The van der Waals surface area contributed by atoms with Crippen LogP contribution in [0.15, 0.2) is 65.1 Å². The largest absolute Gasteiger partial charge is 0.545 e. The Morgan fingerprint density at radius 2 is 1.57 bits per heavy atom. The molecule has 0 aliphatic heterocycles. The van der Waals surface area contributed by atoms with E-state index in [-0.39, 0.29) is 39.2 Å². The van der Waals surface area contributed by atoms with Gasteiger partial charge in [-0.1, -0.05) is 24.3 Å². The fourth-order valence-corrected chi connectivity index (χ4v) is 2.99. The monoisotopic (exact) mass is 375 g/mol. The summed E-state index contributed by atoms with van der Waals surface area (Å²) < 4.78 is 19.2. The molecule has 0 N–H and O–H groups in total. The second-order valence-electron chi connectivity index (χ2n) is 6.00. The van der Waals surface area contributed by atoms with Gasteiger partial charge >= 0.3 is 0 Å². The summed E-state index contributed by atoms with van der Waals surface area (Å²) in [6.07, 6.45) is 0. The topological polar surface area (TPSA) is 106 Å². The fourth-order valence-electron chi connectivity index (χ4n) is 2.99. The van der Waals surface area contributed by atoms with E-state index in [0.717, 1.165) is 6.07 Å². The van der Waals surface area contributed by atoms with Gasteiger partial charge in [-0.05, 0) is 36.4 Å². The Morgan fingerprint density at radius 1 is 0.857 bits per heavy atom. The minimum Gasteiger partial charge on any atom is -0.545 e. The molecule has 0 radical (unpaired) electrons. The highest BCUT2D eigenvalue weighted by molar-refractivity contribution is 6.02. The number of nitrogens with zero attached hydrogens (tertiary/aromatic N) is 1. The Labute approximate surface area is 157 Å². The third-order valence-corrected chi connectivity index (χ3v) is 4.26. The van der Waals surface area contributed by atoms with Crippen molar-refractivity contribution < 1.29 is 28.6 Å². The van der Waals surface area contributed by atoms with Crippen molar-refractivity contribution in [3.63, 3.8) is 0 Å². The molecule has 28 heavy (non-hydrogen) atoms. The Morgan fingerprint density at radius 3 is 2.32 bits per heavy atom. The average molecular weight is 375 g/mol. The molecule has 138 valence electrons. The minimum absolute atomic E-state index is 0.0410. The summed E-state index contributed by atoms with van der Waals surface area (Å²) >= 11 is 0. The van der Waals surface area contributed by atoms with Crippen LogP contribution in [0, 0.1) is 5.82 Å². The summed E-state index contributed by atoms with van der Waals surface area (Å²) in [6, 6.07) is 14.1. The van der Waals surface area contributed by atoms with Gasteiger partial charge in [-0.15, -0.1) is 0 Å². The van der Waals surface area contributed by atoms with Gasteiger partial charge in [0.25, 0.3) is 0 Å². The number of aromatic carboxylic acids is 2. The van der Waals surface area contributed by atoms with Crippen LogP contribution in [0.4, 0.5) is 4.39 Å². The van der Waals surface area contributed by atoms with Crippen LogP contribution in [0.2, 0.25) is 0 Å². The lowest BCUT2D eigenvalue weighted by Crippen LogP contribution is -2.23. The molecule has 0 atom stereocenters. The molecular weight excluding hydrogens is 365 g/mol. The lowest BCUT2D eigenvalue weighted by Gasteiger charge is -2.10. The highest BCUT2D eigenvalue weighted by Gasteiger charge is 2.14. The quantitative estimate of drug-likeness (QED) is 0.540. The second-order valence-corrected chi connectivity index (χ2v) is 6.00. The van der Waals surface area contributed by atoms with Gasteiger partial charge in [0.1, 0.15) is 17.3 Å². The van der Waals surface area contributed by atoms with Crippen molar-refractivity contribution in [2.45, 2.75) is 0 Å². The number of benzene rings is 2. The molecule has 4 rings (SSSR count). The van der Waals surface area contributed by atoms with Gasteiger partial charge in [-0.3, -0.25) is 0 Å². The van der Waals surface area contributed by atoms with Crippen LogP contribution in [0.5, 0.6) is 0 Å². The molecule has 2 heterocycles. The maximum atomic E-state index is 13.5. The molecule has 0 saturated carbocycles. The summed E-state index contributed by atoms with van der Waals surface area (Å²) in [4.78, 5) is 27.1. The summed E-state index contributed by atoms with van der Waals surface area (Å²) in [6.45, 7) is 0. The van der Waals surface area contributed by atoms with E-state index in [1.807, 2.05) is 0 Å². The molecule has 0 unspecified atom stereocenters. The van der Waals surface area contributed by atoms with E-state index >= 15 is 0 Å². The minimum atomic E-state index is -1.48. The number of pyridine rings is 1. The first-order chi connectivity index (χ1) is 13.4. The van der Waals surface area contributed by atoms with E-state index < -0.39 is 17.8 Å². The maximum absolute atomic E-state index is 13.5. The average Bonchev–Trinajstić information content (AvgIpc) is 3.17. The Balaban J connectivity index is 1.86. The molecule has 0 amide bonds. The molecule has 2 aromatic heterocycles. The molecule has 0 bridgehead atoms. The smallest absolute Gasteiger partial charge is 0.153 e. The number of hydrogen-bond acceptors (Lipinski definition) is 6. The van der Waals surface area contributed by atoms with Crippen molar-refractivity contribution in [2.24, 2.45) is 0 Å². The van der Waals surface area contributed by atoms with Crippen LogP contribution in [-0.4, -0.2) is 16.9 Å². The van der Waals surface area contributed by atoms with Gasteiger partial charge in [0.2, 0.25) is 0 Å². The molecule has 0 aliphatic carbocycles. The molecule has 0 saturated heterocycles. The van der Waals surface area contributed by atoms with Crippen LogP contribution in [0.1, 0.15) is 20.7 Å². The summed E-state index contributed by atoms with van der Waals surface area (Å²) in [7, 11) is 0. The van der Waals surface area contributed by atoms with Gasteiger partial charge in [-0.2, -0.15) is 0 Å². The number of halogens is 1. The van der Waals surface area contributed by atoms with Gasteiger partial charge in [0.05, 0.1) is 17.5 Å². The first-order valence-electron chi connectivity index (χ1n) is 8.16. The molecular formula is C21H10FNO5-2. The fraction of sp³-hybridized carbons (Fsp3) is 0. The summed E-state index contributed by atoms with van der Waals surface area (Å²) in [5.41, 5.74) is 0.492. The Kier molecular flexibility index (Phi) is 4.12. The van der Waals surface area contributed by atoms with Gasteiger partial charge in [0, 0.05) is 22.1 Å². The summed E-state index contributed by atoms with van der Waals surface area (Å²) in [5, 5.41) is 22.9. The number of carboxylic acids is 2. The second kappa shape index (κ2) is 6.62. The van der Waals surface area contributed by atoms with Crippen molar-refractivity contribution >= 4 is 22.8 Å². The SMILES string of the molecule is O=C([O-])c1ccccc1-c1ccc(-c2cc(C(=O)[O-])c3cc(F)ccc3n2)o1. The Bertz CT molecular complexity index is 1240. The lowest BCUT2D eigenvalue weighted by molar-refractivity contribution is -0.256. The van der Waals surface area contributed by atoms with Gasteiger partial charge < -0.3 is 24.2 Å². The summed E-state index contributed by atoms with van der Waals surface area (Å²) in [5.74, 6) is -2.95. The van der Waals surface area contributed by atoms with Crippen LogP contribution in [0.25, 0.3) is 33.7 Å². The predicted octanol–water partition coefficient (Wildman–Crippen LogP) is 2.03. The molecule has 6 nitrogen and oxygen atoms in total. The van der Waals surface area contributed by atoms with E-state index in [2.05, 4.69) is 4.98 Å². The standard InChI is InChI=1S/C21H12FNO5/c22-11-5-6-16-14(9-11)15(21(26)27)10-17(23-16)19-8-7-18(28-19)12-3-1-2-4-13(12)20(24)25/h1-10H,(H,24,25)(H,26,27)/p-2. The number of furan rings is 1. The van der Waals surface area contributed by atoms with Crippen molar-refractivity contribution in [3.05, 3.63) is 77.6 Å². The number of hydrogen-bond donors (Lipinski definition) is 0. The third kappa shape index (κ3) is 2.99. The van der Waals surface area contributed by atoms with Crippen molar-refractivity contribution in [2.75, 3.05) is 0 Å². The zero-order valence-electron chi connectivity index (χ0n) is 14.1. The molecule has 0 spiro atoms. The van der Waals surface area contributed by atoms with E-state index in [1.54, 1.807) is 24.3 Å². The van der Waals surface area contributed by atoms with E-state index in [0.29, 0.717) is 5.56 Å². The molecule has 0 fully saturated rings. The van der Waals surface area contributed by atoms with Crippen LogP contribution in [-0.2, 0) is 0 Å². The highest BCUT2D eigenvalue weighted by atomic mass is 19.1. The molecule has 7 heteroatoms. The number of fused-ring (bicyclic) bond motifs is 1. The van der Waals surface area contributed by atoms with E-state index in [9.17, 15) is 24.2 Å². The molecule has 0 aliphatic rings. The normalized spacial score (nSPS) is 10.9. The van der Waals surface area contributed by atoms with E-state index in [1.165, 1.54) is 30.3 Å². The number of carboxylic acid groups (broad SMARTS) is 2. The zero-order chi connectivity index (χ0) is 19.8. The van der Waals surface area contributed by atoms with Crippen LogP contribution in [0.3, 0.4) is 0 Å². The van der Waals surface area contributed by atoms with E-state index in [4.69, 9.17) is 4.42 Å². The van der Waals surface area contributed by atoms with Gasteiger partial charge in [-0.25, -0.2) is 9.37 Å². The third-order valence-electron chi connectivity index (χ3n) is 4.26. The van der Waals surface area contributed by atoms with Crippen LogP contribution < -0.4 is 10.2 Å². The Hall–Kier alpha value is -4.00. The first kappa shape index (κ1) is 17.4. The zero-order valence-corrected chi connectivity index (χ0v) is 14.1.